The standard InChI is InChI=1S/C27H50N2O2.C2H6/c1-18(2)22(26(9,10)25(7,8)19(3)30)29-27(11,12)23(31)21-15-13-20(14-16-21)17-28-24(4,5)6;1-2/h20-22,28-29H,1,13-17H2,2-12H3;1-2H3. The topological polar surface area (TPSA) is 58.2 Å². The van der Waals surface area contributed by atoms with Crippen LogP contribution in [0.3, 0.4) is 0 Å². The quantitative estimate of drug-likeness (QED) is 0.352. The number of ketones is 2. The number of nitrogens with one attached hydrogen (secondary N) is 2. The summed E-state index contributed by atoms with van der Waals surface area (Å²) >= 11 is 0. The van der Waals surface area contributed by atoms with Crippen LogP contribution < -0.4 is 10.6 Å². The molecule has 0 saturated heterocycles. The largest absolute Gasteiger partial charge is 0.312 e. The Morgan fingerprint density at radius 1 is 0.879 bits per heavy atom. The molecule has 4 heteroatoms. The number of hydrogen-bond acceptors (Lipinski definition) is 4. The van der Waals surface area contributed by atoms with Crippen molar-refractivity contribution < 1.29 is 9.59 Å². The van der Waals surface area contributed by atoms with Crippen LogP contribution in [0, 0.1) is 22.7 Å². The van der Waals surface area contributed by atoms with Gasteiger partial charge in [-0.15, -0.1) is 0 Å². The number of rotatable bonds is 10. The van der Waals surface area contributed by atoms with Crippen molar-refractivity contribution in [3.63, 3.8) is 0 Å². The van der Waals surface area contributed by atoms with Gasteiger partial charge in [0.25, 0.3) is 0 Å². The molecule has 0 radical (unpaired) electrons. The Kier molecular flexibility index (Phi) is 11.7. The lowest BCUT2D eigenvalue weighted by Gasteiger charge is -2.49. The molecule has 1 unspecified atom stereocenters. The molecule has 0 aromatic carbocycles. The second kappa shape index (κ2) is 12.1. The van der Waals surface area contributed by atoms with E-state index >= 15 is 0 Å². The normalized spacial score (nSPS) is 21.0. The monoisotopic (exact) mass is 464 g/mol. The molecule has 0 bridgehead atoms. The molecule has 0 amide bonds. The molecule has 2 N–H and O–H groups in total. The highest BCUT2D eigenvalue weighted by Crippen LogP contribution is 2.44. The zero-order chi connectivity index (χ0) is 26.4. The molecule has 1 atom stereocenters. The first-order valence-corrected chi connectivity index (χ1v) is 13.1. The molecule has 1 aliphatic carbocycles. The molecule has 1 fully saturated rings. The van der Waals surface area contributed by atoms with Crippen LogP contribution in [0.5, 0.6) is 0 Å². The smallest absolute Gasteiger partial charge is 0.155 e. The molecule has 0 spiro atoms. The van der Waals surface area contributed by atoms with E-state index in [0.717, 1.165) is 37.8 Å². The van der Waals surface area contributed by atoms with Gasteiger partial charge in [0.2, 0.25) is 0 Å². The minimum Gasteiger partial charge on any atom is -0.312 e. The summed E-state index contributed by atoms with van der Waals surface area (Å²) in [7, 11) is 0. The van der Waals surface area contributed by atoms with E-state index in [1.807, 2.05) is 48.5 Å². The summed E-state index contributed by atoms with van der Waals surface area (Å²) in [4.78, 5) is 25.9. The molecule has 33 heavy (non-hydrogen) atoms. The van der Waals surface area contributed by atoms with Gasteiger partial charge in [0.15, 0.2) is 5.78 Å². The Morgan fingerprint density at radius 3 is 1.70 bits per heavy atom. The van der Waals surface area contributed by atoms with Crippen molar-refractivity contribution >= 4 is 11.6 Å². The minimum atomic E-state index is -0.672. The van der Waals surface area contributed by atoms with Gasteiger partial charge in [-0.05, 0) is 92.0 Å². The lowest BCUT2D eigenvalue weighted by molar-refractivity contribution is -0.133. The Hall–Kier alpha value is -1.00. The van der Waals surface area contributed by atoms with Crippen molar-refractivity contribution in [2.24, 2.45) is 22.7 Å². The summed E-state index contributed by atoms with van der Waals surface area (Å²) < 4.78 is 0. The van der Waals surface area contributed by atoms with Crippen molar-refractivity contribution in [3.05, 3.63) is 12.2 Å². The summed E-state index contributed by atoms with van der Waals surface area (Å²) in [6.07, 6.45) is 4.12. The summed E-state index contributed by atoms with van der Waals surface area (Å²) in [5.41, 5.74) is -0.512. The second-order valence-electron chi connectivity index (χ2n) is 12.7. The van der Waals surface area contributed by atoms with Gasteiger partial charge >= 0.3 is 0 Å². The van der Waals surface area contributed by atoms with Crippen LogP contribution in [0.2, 0.25) is 0 Å². The summed E-state index contributed by atoms with van der Waals surface area (Å²) in [6, 6.07) is -0.141. The summed E-state index contributed by atoms with van der Waals surface area (Å²) in [6.45, 7) is 31.7. The minimum absolute atomic E-state index is 0.100. The van der Waals surface area contributed by atoms with Crippen molar-refractivity contribution in [2.75, 3.05) is 6.54 Å². The maximum absolute atomic E-state index is 13.5. The zero-order valence-corrected chi connectivity index (χ0v) is 24.3. The molecular weight excluding hydrogens is 408 g/mol. The fraction of sp³-hybridized carbons (Fsp3) is 0.862. The SMILES string of the molecule is C=C(C)C(NC(C)(C)C(=O)C1CCC(CNC(C)(C)C)CC1)C(C)(C)C(C)(C)C(C)=O.CC. The van der Waals surface area contributed by atoms with Crippen LogP contribution in [-0.2, 0) is 9.59 Å². The fourth-order valence-electron chi connectivity index (χ4n) is 4.76. The van der Waals surface area contributed by atoms with E-state index in [-0.39, 0.29) is 29.1 Å². The van der Waals surface area contributed by atoms with Gasteiger partial charge in [-0.25, -0.2) is 0 Å². The molecule has 0 aromatic heterocycles. The van der Waals surface area contributed by atoms with E-state index in [1.54, 1.807) is 6.92 Å². The van der Waals surface area contributed by atoms with Crippen molar-refractivity contribution in [1.82, 2.24) is 10.6 Å². The highest BCUT2D eigenvalue weighted by atomic mass is 16.1. The van der Waals surface area contributed by atoms with Gasteiger partial charge in [-0.2, -0.15) is 0 Å². The first-order chi connectivity index (χ1) is 14.8. The average Bonchev–Trinajstić information content (AvgIpc) is 2.70. The van der Waals surface area contributed by atoms with Crippen molar-refractivity contribution in [2.45, 2.75) is 133 Å². The van der Waals surface area contributed by atoms with Crippen LogP contribution in [0.1, 0.15) is 116 Å². The molecule has 4 nitrogen and oxygen atoms in total. The molecule has 0 aromatic rings. The maximum atomic E-state index is 13.5. The number of hydrogen-bond donors (Lipinski definition) is 2. The van der Waals surface area contributed by atoms with Gasteiger partial charge < -0.3 is 5.32 Å². The van der Waals surface area contributed by atoms with Crippen LogP contribution in [0.25, 0.3) is 0 Å². The molecule has 1 rings (SSSR count). The van der Waals surface area contributed by atoms with Crippen molar-refractivity contribution in [3.8, 4) is 0 Å². The lowest BCUT2D eigenvalue weighted by Crippen LogP contribution is -2.61. The predicted octanol–water partition coefficient (Wildman–Crippen LogP) is 6.73. The third-order valence-corrected chi connectivity index (χ3v) is 7.97. The highest BCUT2D eigenvalue weighted by molar-refractivity contribution is 5.90. The third kappa shape index (κ3) is 8.62. The van der Waals surface area contributed by atoms with E-state index in [2.05, 4.69) is 51.8 Å². The van der Waals surface area contributed by atoms with Crippen LogP contribution in [0.15, 0.2) is 12.2 Å². The third-order valence-electron chi connectivity index (χ3n) is 7.97. The molecule has 0 aliphatic heterocycles. The number of carbonyl (C=O) groups excluding carboxylic acids is 2. The summed E-state index contributed by atoms with van der Waals surface area (Å²) in [5.74, 6) is 1.19. The highest BCUT2D eigenvalue weighted by Gasteiger charge is 2.49. The Bertz CT molecular complexity index is 660. The summed E-state index contributed by atoms with van der Waals surface area (Å²) in [5, 5.41) is 7.24. The second-order valence-corrected chi connectivity index (χ2v) is 12.7. The maximum Gasteiger partial charge on any atom is 0.155 e. The molecule has 194 valence electrons. The Balaban J connectivity index is 0.00000497. The molecule has 1 aliphatic rings. The molecule has 0 heterocycles. The van der Waals surface area contributed by atoms with E-state index in [4.69, 9.17) is 0 Å². The van der Waals surface area contributed by atoms with Gasteiger partial charge in [0.1, 0.15) is 5.78 Å². The van der Waals surface area contributed by atoms with E-state index in [9.17, 15) is 9.59 Å². The van der Waals surface area contributed by atoms with Gasteiger partial charge in [0, 0.05) is 22.9 Å². The first kappa shape index (κ1) is 32.0. The van der Waals surface area contributed by atoms with E-state index in [1.165, 1.54) is 0 Å². The zero-order valence-electron chi connectivity index (χ0n) is 24.3. The lowest BCUT2D eigenvalue weighted by atomic mass is 9.60. The average molecular weight is 465 g/mol. The molecular formula is C29H56N2O2. The first-order valence-electron chi connectivity index (χ1n) is 13.1. The van der Waals surface area contributed by atoms with Crippen LogP contribution in [-0.4, -0.2) is 35.2 Å². The van der Waals surface area contributed by atoms with Gasteiger partial charge in [-0.1, -0.05) is 53.7 Å². The van der Waals surface area contributed by atoms with E-state index < -0.39 is 16.4 Å². The number of Topliss-reactive ketones (excluding diaryl/α,β-unsaturated/α-hetero) is 2. The van der Waals surface area contributed by atoms with Crippen LogP contribution >= 0.6 is 0 Å². The van der Waals surface area contributed by atoms with Crippen molar-refractivity contribution in [1.29, 1.82) is 0 Å². The predicted molar refractivity (Wildman–Crippen MR) is 144 cm³/mol. The van der Waals surface area contributed by atoms with Crippen LogP contribution in [0.4, 0.5) is 0 Å². The fourth-order valence-corrected chi connectivity index (χ4v) is 4.76. The molecule has 1 saturated carbocycles. The Morgan fingerprint density at radius 2 is 1.33 bits per heavy atom. The van der Waals surface area contributed by atoms with E-state index in [0.29, 0.717) is 5.92 Å². The van der Waals surface area contributed by atoms with Gasteiger partial charge in [-0.3, -0.25) is 14.9 Å². The number of carbonyl (C=O) groups is 2. The Labute approximate surface area is 206 Å². The van der Waals surface area contributed by atoms with Gasteiger partial charge in [0.05, 0.1) is 5.54 Å².